The minimum absolute atomic E-state index is 0.321. The molecule has 72 valence electrons. The molecule has 1 heteroatoms. The molecule has 0 unspecified atom stereocenters. The van der Waals surface area contributed by atoms with Crippen LogP contribution in [0.5, 0.6) is 0 Å². The molecular formula is C13H14O. The molecule has 2 aliphatic rings. The van der Waals surface area contributed by atoms with Crippen LogP contribution in [0.1, 0.15) is 47.5 Å². The normalized spacial score (nSPS) is 29.9. The summed E-state index contributed by atoms with van der Waals surface area (Å²) >= 11 is 0. The van der Waals surface area contributed by atoms with Crippen LogP contribution < -0.4 is 0 Å². The first kappa shape index (κ1) is 8.22. The molecule has 0 radical (unpaired) electrons. The van der Waals surface area contributed by atoms with Gasteiger partial charge in [0.15, 0.2) is 5.78 Å². The molecular weight excluding hydrogens is 172 g/mol. The van der Waals surface area contributed by atoms with Crippen molar-refractivity contribution in [1.29, 1.82) is 0 Å². The maximum atomic E-state index is 12.0. The van der Waals surface area contributed by atoms with Crippen LogP contribution in [0.15, 0.2) is 24.3 Å². The molecule has 0 aromatic heterocycles. The van der Waals surface area contributed by atoms with E-state index in [1.54, 1.807) is 0 Å². The molecule has 14 heavy (non-hydrogen) atoms. The fourth-order valence-corrected chi connectivity index (χ4v) is 3.06. The molecule has 1 aromatic rings. The Morgan fingerprint density at radius 3 is 2.57 bits per heavy atom. The highest BCUT2D eigenvalue weighted by atomic mass is 16.1. The Bertz CT molecular complexity index is 381. The largest absolute Gasteiger partial charge is 0.294 e. The van der Waals surface area contributed by atoms with E-state index in [0.717, 1.165) is 12.0 Å². The van der Waals surface area contributed by atoms with Crippen molar-refractivity contribution in [2.45, 2.75) is 31.6 Å². The van der Waals surface area contributed by atoms with Crippen molar-refractivity contribution in [3.63, 3.8) is 0 Å². The predicted molar refractivity (Wildman–Crippen MR) is 55.5 cm³/mol. The number of fused-ring (bicyclic) bond motifs is 3. The number of hydrogen-bond acceptors (Lipinski definition) is 1. The van der Waals surface area contributed by atoms with E-state index in [4.69, 9.17) is 0 Å². The van der Waals surface area contributed by atoms with Crippen molar-refractivity contribution in [2.75, 3.05) is 0 Å². The van der Waals surface area contributed by atoms with Gasteiger partial charge in [0.25, 0.3) is 0 Å². The van der Waals surface area contributed by atoms with Gasteiger partial charge >= 0.3 is 0 Å². The fraction of sp³-hybridized carbons (Fsp3) is 0.462. The molecule has 1 aromatic carbocycles. The van der Waals surface area contributed by atoms with Crippen molar-refractivity contribution >= 4 is 5.78 Å². The van der Waals surface area contributed by atoms with Crippen molar-refractivity contribution in [1.82, 2.24) is 0 Å². The number of hydrogen-bond donors (Lipinski definition) is 0. The highest BCUT2D eigenvalue weighted by Gasteiger charge is 2.40. The van der Waals surface area contributed by atoms with Crippen LogP contribution in [0.25, 0.3) is 0 Å². The van der Waals surface area contributed by atoms with Crippen LogP contribution in [-0.4, -0.2) is 5.78 Å². The van der Waals surface area contributed by atoms with Gasteiger partial charge in [-0.05, 0) is 24.3 Å². The maximum absolute atomic E-state index is 12.0. The van der Waals surface area contributed by atoms with Crippen LogP contribution in [0.2, 0.25) is 0 Å². The minimum atomic E-state index is 0.321. The third-order valence-electron chi connectivity index (χ3n) is 3.73. The Morgan fingerprint density at radius 2 is 1.71 bits per heavy atom. The van der Waals surface area contributed by atoms with Crippen molar-refractivity contribution in [3.05, 3.63) is 35.4 Å². The number of benzene rings is 1. The zero-order valence-corrected chi connectivity index (χ0v) is 8.20. The van der Waals surface area contributed by atoms with Crippen molar-refractivity contribution in [2.24, 2.45) is 5.92 Å². The SMILES string of the molecule is O=C1c2ccccc2[C@H]2CCCC[C@H]12. The van der Waals surface area contributed by atoms with E-state index < -0.39 is 0 Å². The first-order valence-electron chi connectivity index (χ1n) is 5.51. The fourth-order valence-electron chi connectivity index (χ4n) is 3.06. The second-order valence-corrected chi connectivity index (χ2v) is 4.45. The summed E-state index contributed by atoms with van der Waals surface area (Å²) in [5.41, 5.74) is 2.33. The summed E-state index contributed by atoms with van der Waals surface area (Å²) < 4.78 is 0. The molecule has 0 saturated heterocycles. The molecule has 0 heterocycles. The lowest BCUT2D eigenvalue weighted by Crippen LogP contribution is -2.17. The molecule has 1 nitrogen and oxygen atoms in total. The maximum Gasteiger partial charge on any atom is 0.166 e. The summed E-state index contributed by atoms with van der Waals surface area (Å²) in [6, 6.07) is 8.18. The molecule has 3 rings (SSSR count). The van der Waals surface area contributed by atoms with Gasteiger partial charge in [-0.1, -0.05) is 37.1 Å². The van der Waals surface area contributed by atoms with Gasteiger partial charge in [0.05, 0.1) is 0 Å². The molecule has 0 spiro atoms. The first-order chi connectivity index (χ1) is 6.88. The quantitative estimate of drug-likeness (QED) is 0.608. The van der Waals surface area contributed by atoms with Crippen LogP contribution in [0, 0.1) is 5.92 Å². The van der Waals surface area contributed by atoms with Gasteiger partial charge in [0.1, 0.15) is 0 Å². The Labute approximate surface area is 84.1 Å². The van der Waals surface area contributed by atoms with E-state index in [0.29, 0.717) is 17.6 Å². The zero-order valence-electron chi connectivity index (χ0n) is 8.20. The summed E-state index contributed by atoms with van der Waals surface area (Å²) in [7, 11) is 0. The summed E-state index contributed by atoms with van der Waals surface area (Å²) in [5, 5.41) is 0. The van der Waals surface area contributed by atoms with Crippen LogP contribution >= 0.6 is 0 Å². The standard InChI is InChI=1S/C13H14O/c14-13-11-7-3-1-5-9(11)10-6-2-4-8-12(10)13/h1,3,5,7,10,12H,2,4,6,8H2/t10-,12+/m1/s1. The topological polar surface area (TPSA) is 17.1 Å². The van der Waals surface area contributed by atoms with E-state index in [1.165, 1.54) is 24.8 Å². The van der Waals surface area contributed by atoms with E-state index in [1.807, 2.05) is 12.1 Å². The zero-order chi connectivity index (χ0) is 9.54. The minimum Gasteiger partial charge on any atom is -0.294 e. The Morgan fingerprint density at radius 1 is 1.00 bits per heavy atom. The number of rotatable bonds is 0. The lowest BCUT2D eigenvalue weighted by Gasteiger charge is -2.24. The number of carbonyl (C=O) groups excluding carboxylic acids is 1. The molecule has 2 atom stereocenters. The lowest BCUT2D eigenvalue weighted by atomic mass is 9.79. The van der Waals surface area contributed by atoms with Gasteiger partial charge in [-0.15, -0.1) is 0 Å². The third-order valence-corrected chi connectivity index (χ3v) is 3.73. The molecule has 1 saturated carbocycles. The molecule has 0 aliphatic heterocycles. The molecule has 1 fully saturated rings. The Hall–Kier alpha value is -1.11. The molecule has 2 aliphatic carbocycles. The lowest BCUT2D eigenvalue weighted by molar-refractivity contribution is 0.0898. The Kier molecular flexibility index (Phi) is 1.73. The van der Waals surface area contributed by atoms with Crippen molar-refractivity contribution in [3.8, 4) is 0 Å². The highest BCUT2D eigenvalue weighted by Crippen LogP contribution is 2.46. The van der Waals surface area contributed by atoms with E-state index in [-0.39, 0.29) is 0 Å². The summed E-state index contributed by atoms with van der Waals surface area (Å²) in [6.07, 6.45) is 4.86. The van der Waals surface area contributed by atoms with E-state index in [2.05, 4.69) is 12.1 Å². The van der Waals surface area contributed by atoms with Gasteiger partial charge in [0.2, 0.25) is 0 Å². The van der Waals surface area contributed by atoms with Gasteiger partial charge in [-0.2, -0.15) is 0 Å². The summed E-state index contributed by atoms with van der Waals surface area (Å²) in [5.74, 6) is 1.28. The van der Waals surface area contributed by atoms with Gasteiger partial charge in [0, 0.05) is 11.5 Å². The summed E-state index contributed by atoms with van der Waals surface area (Å²) in [6.45, 7) is 0. The second-order valence-electron chi connectivity index (χ2n) is 4.45. The van der Waals surface area contributed by atoms with Crippen LogP contribution in [0.4, 0.5) is 0 Å². The number of Topliss-reactive ketones (excluding diaryl/α,β-unsaturated/α-hetero) is 1. The number of carbonyl (C=O) groups is 1. The number of ketones is 1. The van der Waals surface area contributed by atoms with Crippen LogP contribution in [-0.2, 0) is 0 Å². The monoisotopic (exact) mass is 186 g/mol. The third kappa shape index (κ3) is 0.985. The van der Waals surface area contributed by atoms with Gasteiger partial charge in [-0.25, -0.2) is 0 Å². The second kappa shape index (κ2) is 2.94. The van der Waals surface area contributed by atoms with Crippen molar-refractivity contribution < 1.29 is 4.79 Å². The smallest absolute Gasteiger partial charge is 0.166 e. The van der Waals surface area contributed by atoms with Gasteiger partial charge < -0.3 is 0 Å². The first-order valence-corrected chi connectivity index (χ1v) is 5.51. The van der Waals surface area contributed by atoms with E-state index in [9.17, 15) is 4.79 Å². The Balaban J connectivity index is 2.11. The predicted octanol–water partition coefficient (Wildman–Crippen LogP) is 3.16. The average molecular weight is 186 g/mol. The van der Waals surface area contributed by atoms with Gasteiger partial charge in [-0.3, -0.25) is 4.79 Å². The average Bonchev–Trinajstić information content (AvgIpc) is 2.55. The molecule has 0 amide bonds. The molecule has 0 N–H and O–H groups in total. The van der Waals surface area contributed by atoms with Crippen LogP contribution in [0.3, 0.4) is 0 Å². The highest BCUT2D eigenvalue weighted by molar-refractivity contribution is 6.03. The molecule has 0 bridgehead atoms. The van der Waals surface area contributed by atoms with E-state index >= 15 is 0 Å². The summed E-state index contributed by atoms with van der Waals surface area (Å²) in [4.78, 5) is 12.0.